The van der Waals surface area contributed by atoms with Gasteiger partial charge in [-0.05, 0) is 44.4 Å². The van der Waals surface area contributed by atoms with E-state index in [1.54, 1.807) is 38.1 Å². The summed E-state index contributed by atoms with van der Waals surface area (Å²) in [5.74, 6) is -0.331. The number of carbonyl (C=O) groups excluding carboxylic acids is 1. The summed E-state index contributed by atoms with van der Waals surface area (Å²) in [5.41, 5.74) is 0.254. The second-order valence-electron chi connectivity index (χ2n) is 6.96. The monoisotopic (exact) mass is 451 g/mol. The standard InChI is InChI=1S/C20H26N3O7P/c1-3-28-31(27,29-4-2)13-14-5-7-15(8-6-14)21-19(25)16-9-10-18(30-16)23-12-11-17(24)22-20(23)26/h5-8,11-12,16,18H,3-4,9-10,13H2,1-2H3,(H,21,25)(H,22,24,26)/t16-,18+/m0/s1. The molecule has 0 bridgehead atoms. The second-order valence-corrected chi connectivity index (χ2v) is 9.02. The number of rotatable bonds is 9. The van der Waals surface area contributed by atoms with Crippen molar-refractivity contribution in [3.63, 3.8) is 0 Å². The number of anilines is 1. The van der Waals surface area contributed by atoms with Gasteiger partial charge in [-0.25, -0.2) is 4.79 Å². The van der Waals surface area contributed by atoms with Crippen LogP contribution in [0.2, 0.25) is 0 Å². The molecule has 1 fully saturated rings. The molecule has 2 N–H and O–H groups in total. The summed E-state index contributed by atoms with van der Waals surface area (Å²) in [5, 5.41) is 2.78. The van der Waals surface area contributed by atoms with Crippen molar-refractivity contribution in [3.8, 4) is 0 Å². The maximum absolute atomic E-state index is 12.6. The lowest BCUT2D eigenvalue weighted by molar-refractivity contribution is -0.128. The molecule has 1 amide bonds. The van der Waals surface area contributed by atoms with Gasteiger partial charge in [0, 0.05) is 18.0 Å². The fraction of sp³-hybridized carbons (Fsp3) is 0.450. The molecule has 3 rings (SSSR count). The van der Waals surface area contributed by atoms with Gasteiger partial charge in [0.25, 0.3) is 11.5 Å². The molecule has 10 nitrogen and oxygen atoms in total. The number of carbonyl (C=O) groups is 1. The number of ether oxygens (including phenoxy) is 1. The summed E-state index contributed by atoms with van der Waals surface area (Å²) in [6, 6.07) is 8.13. The van der Waals surface area contributed by atoms with Crippen LogP contribution in [0.4, 0.5) is 5.69 Å². The third-order valence-corrected chi connectivity index (χ3v) is 6.76. The average molecular weight is 451 g/mol. The lowest BCUT2D eigenvalue weighted by Gasteiger charge is -2.17. The number of aromatic amines is 1. The lowest BCUT2D eigenvalue weighted by atomic mass is 10.2. The molecular formula is C20H26N3O7P. The Morgan fingerprint density at radius 2 is 1.84 bits per heavy atom. The van der Waals surface area contributed by atoms with Gasteiger partial charge in [-0.2, -0.15) is 0 Å². The molecule has 11 heteroatoms. The van der Waals surface area contributed by atoms with Gasteiger partial charge in [-0.1, -0.05) is 12.1 Å². The maximum atomic E-state index is 12.6. The van der Waals surface area contributed by atoms with Crippen molar-refractivity contribution >= 4 is 19.2 Å². The lowest BCUT2D eigenvalue weighted by Crippen LogP contribution is -2.33. The number of hydrogen-bond donors (Lipinski definition) is 2. The van der Waals surface area contributed by atoms with E-state index in [1.807, 2.05) is 0 Å². The number of nitrogens with zero attached hydrogens (tertiary/aromatic N) is 1. The van der Waals surface area contributed by atoms with Crippen LogP contribution in [0.3, 0.4) is 0 Å². The van der Waals surface area contributed by atoms with E-state index in [-0.39, 0.29) is 12.1 Å². The summed E-state index contributed by atoms with van der Waals surface area (Å²) in [7, 11) is -3.20. The molecule has 1 aromatic heterocycles. The first-order chi connectivity index (χ1) is 14.8. The zero-order valence-electron chi connectivity index (χ0n) is 17.4. The van der Waals surface area contributed by atoms with E-state index in [9.17, 15) is 18.9 Å². The minimum Gasteiger partial charge on any atom is -0.345 e. The topological polar surface area (TPSA) is 129 Å². The Kier molecular flexibility index (Phi) is 7.61. The first-order valence-electron chi connectivity index (χ1n) is 10.1. The first kappa shape index (κ1) is 23.1. The number of H-pyrrole nitrogens is 1. The van der Waals surface area contributed by atoms with Crippen molar-refractivity contribution in [1.82, 2.24) is 9.55 Å². The van der Waals surface area contributed by atoms with Crippen LogP contribution in [0.1, 0.15) is 38.5 Å². The Morgan fingerprint density at radius 1 is 1.16 bits per heavy atom. The third kappa shape index (κ3) is 6.01. The van der Waals surface area contributed by atoms with E-state index >= 15 is 0 Å². The molecular weight excluding hydrogens is 425 g/mol. The molecule has 1 saturated heterocycles. The molecule has 1 aromatic carbocycles. The van der Waals surface area contributed by atoms with Crippen LogP contribution in [0, 0.1) is 0 Å². The summed E-state index contributed by atoms with van der Waals surface area (Å²) < 4.78 is 30.2. The van der Waals surface area contributed by atoms with Crippen LogP contribution in [-0.2, 0) is 29.3 Å². The van der Waals surface area contributed by atoms with Crippen LogP contribution in [0.15, 0.2) is 46.1 Å². The van der Waals surface area contributed by atoms with E-state index < -0.39 is 31.2 Å². The van der Waals surface area contributed by atoms with Crippen molar-refractivity contribution in [1.29, 1.82) is 0 Å². The quantitative estimate of drug-likeness (QED) is 0.561. The second kappa shape index (κ2) is 10.2. The highest BCUT2D eigenvalue weighted by molar-refractivity contribution is 7.53. The van der Waals surface area contributed by atoms with Gasteiger partial charge >= 0.3 is 13.3 Å². The number of amides is 1. The highest BCUT2D eigenvalue weighted by atomic mass is 31.2. The summed E-state index contributed by atoms with van der Waals surface area (Å²) in [6.45, 7) is 4.10. The van der Waals surface area contributed by atoms with Gasteiger partial charge < -0.3 is 19.1 Å². The molecule has 31 heavy (non-hydrogen) atoms. The molecule has 0 aliphatic carbocycles. The Bertz CT molecular complexity index is 1050. The summed E-state index contributed by atoms with van der Waals surface area (Å²) in [4.78, 5) is 37.8. The number of nitrogens with one attached hydrogen (secondary N) is 2. The molecule has 1 aliphatic rings. The van der Waals surface area contributed by atoms with Crippen molar-refractivity contribution in [3.05, 3.63) is 62.9 Å². The van der Waals surface area contributed by atoms with Gasteiger partial charge in [-0.15, -0.1) is 0 Å². The average Bonchev–Trinajstić information content (AvgIpc) is 3.20. The Balaban J connectivity index is 1.59. The highest BCUT2D eigenvalue weighted by Gasteiger charge is 2.32. The Morgan fingerprint density at radius 3 is 2.45 bits per heavy atom. The van der Waals surface area contributed by atoms with Crippen LogP contribution in [-0.4, -0.2) is 34.8 Å². The maximum Gasteiger partial charge on any atom is 0.335 e. The zero-order valence-corrected chi connectivity index (χ0v) is 18.3. The zero-order chi connectivity index (χ0) is 22.4. The van der Waals surface area contributed by atoms with E-state index in [4.69, 9.17) is 13.8 Å². The molecule has 0 radical (unpaired) electrons. The van der Waals surface area contributed by atoms with Gasteiger partial charge in [-0.3, -0.25) is 23.7 Å². The molecule has 0 spiro atoms. The molecule has 2 aromatic rings. The Hall–Kier alpha value is -2.52. The van der Waals surface area contributed by atoms with Gasteiger partial charge in [0.1, 0.15) is 12.3 Å². The van der Waals surface area contributed by atoms with Crippen LogP contribution in [0.5, 0.6) is 0 Å². The normalized spacial score (nSPS) is 18.8. The van der Waals surface area contributed by atoms with Crippen molar-refractivity contribution in [2.45, 2.75) is 45.2 Å². The van der Waals surface area contributed by atoms with E-state index in [0.29, 0.717) is 31.7 Å². The molecule has 2 atom stereocenters. The van der Waals surface area contributed by atoms with Crippen LogP contribution < -0.4 is 16.6 Å². The van der Waals surface area contributed by atoms with E-state index in [2.05, 4.69) is 10.3 Å². The molecule has 0 unspecified atom stereocenters. The van der Waals surface area contributed by atoms with E-state index in [1.165, 1.54) is 16.8 Å². The first-order valence-corrected chi connectivity index (χ1v) is 11.8. The van der Waals surface area contributed by atoms with Crippen LogP contribution in [0.25, 0.3) is 0 Å². The van der Waals surface area contributed by atoms with E-state index in [0.717, 1.165) is 5.56 Å². The van der Waals surface area contributed by atoms with Gasteiger partial charge in [0.15, 0.2) is 0 Å². The largest absolute Gasteiger partial charge is 0.345 e. The van der Waals surface area contributed by atoms with Gasteiger partial charge in [0.2, 0.25) is 0 Å². The fourth-order valence-electron chi connectivity index (χ4n) is 3.33. The minimum absolute atomic E-state index is 0.143. The van der Waals surface area contributed by atoms with Crippen molar-refractivity contribution in [2.24, 2.45) is 0 Å². The smallest absolute Gasteiger partial charge is 0.335 e. The molecule has 0 saturated carbocycles. The number of aromatic nitrogens is 2. The fourth-order valence-corrected chi connectivity index (χ4v) is 5.03. The Labute approximate surface area is 179 Å². The molecule has 2 heterocycles. The minimum atomic E-state index is -3.20. The number of hydrogen-bond acceptors (Lipinski definition) is 7. The predicted molar refractivity (Wildman–Crippen MR) is 114 cm³/mol. The SMILES string of the molecule is CCOP(=O)(Cc1ccc(NC(=O)[C@@H]2CC[C@H](n3ccc(=O)[nH]c3=O)O2)cc1)OCC. The van der Waals surface area contributed by atoms with Crippen molar-refractivity contribution in [2.75, 3.05) is 18.5 Å². The number of benzene rings is 1. The summed E-state index contributed by atoms with van der Waals surface area (Å²) >= 11 is 0. The summed E-state index contributed by atoms with van der Waals surface area (Å²) in [6.07, 6.45) is 1.06. The molecule has 1 aliphatic heterocycles. The third-order valence-electron chi connectivity index (χ3n) is 4.70. The highest BCUT2D eigenvalue weighted by Crippen LogP contribution is 2.51. The van der Waals surface area contributed by atoms with Crippen LogP contribution >= 0.6 is 7.60 Å². The predicted octanol–water partition coefficient (Wildman–Crippen LogP) is 2.62. The van der Waals surface area contributed by atoms with Crippen molar-refractivity contribution < 1.29 is 23.1 Å². The molecule has 168 valence electrons. The van der Waals surface area contributed by atoms with Gasteiger partial charge in [0.05, 0.1) is 19.4 Å².